The molecule has 3 aromatic heterocycles. The summed E-state index contributed by atoms with van der Waals surface area (Å²) in [6.07, 6.45) is 7.56. The molecule has 0 bridgehead atoms. The largest absolute Gasteiger partial charge is 0.459 e. The minimum atomic E-state index is -0.717. The van der Waals surface area contributed by atoms with E-state index in [1.54, 1.807) is 24.4 Å². The molecule has 4 rings (SSSR count). The number of hydrogen-bond acceptors (Lipinski definition) is 6. The van der Waals surface area contributed by atoms with Crippen molar-refractivity contribution in [3.8, 4) is 11.7 Å². The van der Waals surface area contributed by atoms with Gasteiger partial charge in [-0.15, -0.1) is 5.10 Å². The Morgan fingerprint density at radius 3 is 2.92 bits per heavy atom. The first kappa shape index (κ1) is 15.4. The Morgan fingerprint density at radius 1 is 1.32 bits per heavy atom. The molecule has 0 aromatic carbocycles. The molecule has 0 unspecified atom stereocenters. The van der Waals surface area contributed by atoms with Crippen LogP contribution in [-0.2, 0) is 11.3 Å². The summed E-state index contributed by atoms with van der Waals surface area (Å²) >= 11 is 0. The van der Waals surface area contributed by atoms with Crippen molar-refractivity contribution in [2.75, 3.05) is 5.32 Å². The van der Waals surface area contributed by atoms with Gasteiger partial charge in [-0.25, -0.2) is 9.48 Å². The van der Waals surface area contributed by atoms with Crippen LogP contribution in [0.2, 0.25) is 0 Å². The molecule has 9 nitrogen and oxygen atoms in total. The SMILES string of the molecule is O=C(Cn1nc(-c2ccco2)oc1=O)Nc1ccnn1C1CCCC1. The van der Waals surface area contributed by atoms with Crippen LogP contribution in [0.5, 0.6) is 0 Å². The topological polar surface area (TPSA) is 108 Å². The predicted molar refractivity (Wildman–Crippen MR) is 86.8 cm³/mol. The van der Waals surface area contributed by atoms with Gasteiger partial charge in [-0.2, -0.15) is 9.78 Å². The molecule has 1 N–H and O–H groups in total. The lowest BCUT2D eigenvalue weighted by atomic mass is 10.2. The van der Waals surface area contributed by atoms with Crippen LogP contribution < -0.4 is 11.1 Å². The molecule has 0 saturated heterocycles. The van der Waals surface area contributed by atoms with Crippen LogP contribution in [0.3, 0.4) is 0 Å². The monoisotopic (exact) mass is 343 g/mol. The number of furan rings is 1. The van der Waals surface area contributed by atoms with Crippen molar-refractivity contribution >= 4 is 11.7 Å². The number of nitrogens with zero attached hydrogens (tertiary/aromatic N) is 4. The van der Waals surface area contributed by atoms with Crippen molar-refractivity contribution in [1.82, 2.24) is 19.6 Å². The van der Waals surface area contributed by atoms with Crippen molar-refractivity contribution in [3.05, 3.63) is 41.2 Å². The predicted octanol–water partition coefficient (Wildman–Crippen LogP) is 2.05. The number of carbonyl (C=O) groups is 1. The Bertz CT molecular complexity index is 915. The van der Waals surface area contributed by atoms with E-state index in [1.165, 1.54) is 19.1 Å². The van der Waals surface area contributed by atoms with Gasteiger partial charge in [0.05, 0.1) is 18.5 Å². The van der Waals surface area contributed by atoms with Crippen molar-refractivity contribution in [2.24, 2.45) is 0 Å². The van der Waals surface area contributed by atoms with E-state index in [-0.39, 0.29) is 18.3 Å². The Kier molecular flexibility index (Phi) is 3.96. The molecule has 0 atom stereocenters. The normalized spacial score (nSPS) is 14.9. The fraction of sp³-hybridized carbons (Fsp3) is 0.375. The highest BCUT2D eigenvalue weighted by molar-refractivity contribution is 5.89. The summed E-state index contributed by atoms with van der Waals surface area (Å²) in [6.45, 7) is -0.251. The maximum absolute atomic E-state index is 12.3. The second kappa shape index (κ2) is 6.42. The molecule has 1 saturated carbocycles. The lowest BCUT2D eigenvalue weighted by Gasteiger charge is -2.14. The van der Waals surface area contributed by atoms with Crippen molar-refractivity contribution < 1.29 is 13.6 Å². The summed E-state index contributed by atoms with van der Waals surface area (Å²) in [5, 5.41) is 11.1. The summed E-state index contributed by atoms with van der Waals surface area (Å²) in [5.74, 6) is -0.0962. The van der Waals surface area contributed by atoms with Crippen LogP contribution in [-0.4, -0.2) is 25.5 Å². The molecule has 3 heterocycles. The first-order valence-electron chi connectivity index (χ1n) is 8.16. The average molecular weight is 343 g/mol. The fourth-order valence-corrected chi connectivity index (χ4v) is 3.08. The molecular weight excluding hydrogens is 326 g/mol. The second-order valence-corrected chi connectivity index (χ2v) is 5.96. The van der Waals surface area contributed by atoms with Crippen molar-refractivity contribution in [1.29, 1.82) is 0 Å². The van der Waals surface area contributed by atoms with Gasteiger partial charge < -0.3 is 14.2 Å². The van der Waals surface area contributed by atoms with E-state index in [0.717, 1.165) is 17.5 Å². The average Bonchev–Trinajstić information content (AvgIpc) is 3.35. The van der Waals surface area contributed by atoms with E-state index >= 15 is 0 Å². The van der Waals surface area contributed by atoms with E-state index in [9.17, 15) is 9.59 Å². The minimum absolute atomic E-state index is 0.0406. The molecule has 1 aliphatic rings. The molecule has 130 valence electrons. The third-order valence-electron chi connectivity index (χ3n) is 4.24. The Labute approximate surface area is 142 Å². The Balaban J connectivity index is 1.46. The Morgan fingerprint density at radius 2 is 2.16 bits per heavy atom. The van der Waals surface area contributed by atoms with Crippen molar-refractivity contribution in [3.63, 3.8) is 0 Å². The summed E-state index contributed by atoms with van der Waals surface area (Å²) in [6, 6.07) is 5.34. The smallest absolute Gasteiger partial charge is 0.437 e. The lowest BCUT2D eigenvalue weighted by Crippen LogP contribution is -2.27. The third kappa shape index (κ3) is 3.12. The van der Waals surface area contributed by atoms with E-state index < -0.39 is 5.76 Å². The van der Waals surface area contributed by atoms with E-state index in [4.69, 9.17) is 8.83 Å². The van der Waals surface area contributed by atoms with Gasteiger partial charge in [0.1, 0.15) is 12.4 Å². The molecule has 1 fully saturated rings. The zero-order chi connectivity index (χ0) is 17.2. The van der Waals surface area contributed by atoms with E-state index in [1.807, 2.05) is 4.68 Å². The van der Waals surface area contributed by atoms with Gasteiger partial charge in [0.25, 0.3) is 5.89 Å². The highest BCUT2D eigenvalue weighted by Gasteiger charge is 2.21. The van der Waals surface area contributed by atoms with Gasteiger partial charge in [-0.1, -0.05) is 12.8 Å². The summed E-state index contributed by atoms with van der Waals surface area (Å²) in [4.78, 5) is 24.1. The van der Waals surface area contributed by atoms with Crippen LogP contribution >= 0.6 is 0 Å². The van der Waals surface area contributed by atoms with Crippen LogP contribution in [0, 0.1) is 0 Å². The number of rotatable bonds is 5. The van der Waals surface area contributed by atoms with E-state index in [0.29, 0.717) is 17.6 Å². The lowest BCUT2D eigenvalue weighted by molar-refractivity contribution is -0.117. The minimum Gasteiger partial charge on any atom is -0.459 e. The highest BCUT2D eigenvalue weighted by atomic mass is 16.4. The number of carbonyl (C=O) groups excluding carboxylic acids is 1. The van der Waals surface area contributed by atoms with Gasteiger partial charge in [0.2, 0.25) is 5.91 Å². The second-order valence-electron chi connectivity index (χ2n) is 5.96. The number of anilines is 1. The van der Waals surface area contributed by atoms with Crippen LogP contribution in [0.4, 0.5) is 5.82 Å². The molecule has 0 spiro atoms. The fourth-order valence-electron chi connectivity index (χ4n) is 3.08. The highest BCUT2D eigenvalue weighted by Crippen LogP contribution is 2.31. The maximum atomic E-state index is 12.3. The molecule has 9 heteroatoms. The van der Waals surface area contributed by atoms with Crippen LogP contribution in [0.15, 0.2) is 44.3 Å². The molecule has 0 aliphatic heterocycles. The summed E-state index contributed by atoms with van der Waals surface area (Å²) < 4.78 is 12.9. The first-order valence-corrected chi connectivity index (χ1v) is 8.16. The summed E-state index contributed by atoms with van der Waals surface area (Å²) in [5.41, 5.74) is 0. The number of hydrogen-bond donors (Lipinski definition) is 1. The molecule has 0 radical (unpaired) electrons. The third-order valence-corrected chi connectivity index (χ3v) is 4.24. The Hall–Kier alpha value is -3.10. The molecule has 3 aromatic rings. The first-order chi connectivity index (χ1) is 12.2. The molecular formula is C16H17N5O4. The van der Waals surface area contributed by atoms with Gasteiger partial charge >= 0.3 is 5.76 Å². The molecule has 1 amide bonds. The quantitative estimate of drug-likeness (QED) is 0.759. The van der Waals surface area contributed by atoms with Crippen molar-refractivity contribution in [2.45, 2.75) is 38.3 Å². The van der Waals surface area contributed by atoms with Gasteiger partial charge in [0, 0.05) is 6.07 Å². The number of amides is 1. The van der Waals surface area contributed by atoms with Gasteiger partial charge in [-0.3, -0.25) is 4.79 Å². The molecule has 25 heavy (non-hydrogen) atoms. The standard InChI is InChI=1S/C16H17N5O4/c22-14(18-13-7-8-17-21(13)11-4-1-2-5-11)10-20-16(23)25-15(19-20)12-6-3-9-24-12/h3,6-9,11H,1-2,4-5,10H2,(H,18,22). The zero-order valence-corrected chi connectivity index (χ0v) is 13.4. The number of nitrogens with one attached hydrogen (secondary N) is 1. The number of aromatic nitrogens is 4. The van der Waals surface area contributed by atoms with Gasteiger partial charge in [0.15, 0.2) is 5.76 Å². The van der Waals surface area contributed by atoms with Gasteiger partial charge in [-0.05, 0) is 25.0 Å². The van der Waals surface area contributed by atoms with Crippen LogP contribution in [0.1, 0.15) is 31.7 Å². The van der Waals surface area contributed by atoms with E-state index in [2.05, 4.69) is 15.5 Å². The van der Waals surface area contributed by atoms with Crippen LogP contribution in [0.25, 0.3) is 11.7 Å². The maximum Gasteiger partial charge on any atom is 0.437 e. The molecule has 1 aliphatic carbocycles. The zero-order valence-electron chi connectivity index (χ0n) is 13.4. The summed E-state index contributed by atoms with van der Waals surface area (Å²) in [7, 11) is 0.